The van der Waals surface area contributed by atoms with Gasteiger partial charge in [-0.2, -0.15) is 0 Å². The van der Waals surface area contributed by atoms with Crippen LogP contribution in [-0.2, 0) is 4.74 Å². The van der Waals surface area contributed by atoms with Crippen molar-refractivity contribution in [1.82, 2.24) is 4.98 Å². The van der Waals surface area contributed by atoms with Crippen molar-refractivity contribution in [2.45, 2.75) is 26.1 Å². The van der Waals surface area contributed by atoms with E-state index >= 15 is 0 Å². The van der Waals surface area contributed by atoms with Crippen LogP contribution in [0.5, 0.6) is 17.2 Å². The molecular weight excluding hydrogens is 358 g/mol. The van der Waals surface area contributed by atoms with Gasteiger partial charge in [0.05, 0.1) is 7.11 Å². The van der Waals surface area contributed by atoms with Crippen LogP contribution in [0.1, 0.15) is 35.8 Å². The number of hydrogen-bond acceptors (Lipinski definition) is 5. The molecule has 2 rings (SSSR count). The Hall–Kier alpha value is -2.84. The summed E-state index contributed by atoms with van der Waals surface area (Å²) in [4.78, 5) is 15.9. The highest BCUT2D eigenvalue weighted by Crippen LogP contribution is 2.32. The lowest BCUT2D eigenvalue weighted by molar-refractivity contribution is -0.275. The number of nitrogens with zero attached hydrogens (tertiary/aromatic N) is 1. The Morgan fingerprint density at radius 3 is 2.38 bits per heavy atom. The Bertz CT molecular complexity index is 806. The van der Waals surface area contributed by atoms with Gasteiger partial charge in [0.25, 0.3) is 0 Å². The number of pyridine rings is 1. The monoisotopic (exact) mass is 373 g/mol. The van der Waals surface area contributed by atoms with Gasteiger partial charge in [-0.3, -0.25) is 4.98 Å². The second-order valence-corrected chi connectivity index (χ2v) is 5.49. The van der Waals surface area contributed by atoms with Gasteiger partial charge in [0.15, 0.2) is 11.6 Å². The number of benzene rings is 1. The van der Waals surface area contributed by atoms with Crippen molar-refractivity contribution < 1.29 is 36.6 Å². The summed E-state index contributed by atoms with van der Waals surface area (Å²) >= 11 is 0. The molecule has 1 heterocycles. The fraction of sp³-hybridized carbons (Fsp3) is 0.294. The van der Waals surface area contributed by atoms with Gasteiger partial charge in [0.2, 0.25) is 0 Å². The molecule has 5 nitrogen and oxygen atoms in total. The van der Waals surface area contributed by atoms with E-state index in [9.17, 15) is 22.4 Å². The topological polar surface area (TPSA) is 57.7 Å². The molecule has 1 aromatic heterocycles. The first kappa shape index (κ1) is 19.5. The van der Waals surface area contributed by atoms with Gasteiger partial charge in [-0.15, -0.1) is 13.2 Å². The molecule has 1 aromatic carbocycles. The number of methoxy groups -OCH3 is 1. The molecule has 0 aliphatic heterocycles. The number of hydrogen-bond donors (Lipinski definition) is 0. The molecule has 0 unspecified atom stereocenters. The lowest BCUT2D eigenvalue weighted by Crippen LogP contribution is -2.17. The summed E-state index contributed by atoms with van der Waals surface area (Å²) < 4.78 is 64.0. The molecule has 0 aliphatic carbocycles. The lowest BCUT2D eigenvalue weighted by atomic mass is 10.1. The molecule has 0 amide bonds. The quantitative estimate of drug-likeness (QED) is 0.555. The first-order valence-corrected chi connectivity index (χ1v) is 7.42. The first-order valence-electron chi connectivity index (χ1n) is 7.42. The molecule has 0 radical (unpaired) electrons. The third-order valence-corrected chi connectivity index (χ3v) is 3.24. The average Bonchev–Trinajstić information content (AvgIpc) is 2.55. The molecule has 0 fully saturated rings. The zero-order valence-electron chi connectivity index (χ0n) is 14.1. The number of ether oxygens (including phenoxy) is 3. The molecule has 140 valence electrons. The van der Waals surface area contributed by atoms with E-state index in [4.69, 9.17) is 4.74 Å². The second kappa shape index (κ2) is 7.59. The highest BCUT2D eigenvalue weighted by atomic mass is 19.4. The first-order chi connectivity index (χ1) is 12.1. The molecule has 0 bridgehead atoms. The molecule has 9 heteroatoms. The average molecular weight is 373 g/mol. The van der Waals surface area contributed by atoms with Crippen LogP contribution in [0, 0.1) is 5.82 Å². The van der Waals surface area contributed by atoms with Crippen molar-refractivity contribution in [3.63, 3.8) is 0 Å². The summed E-state index contributed by atoms with van der Waals surface area (Å²) in [6, 6.07) is 4.06. The Balaban J connectivity index is 2.36. The molecule has 0 saturated heterocycles. The maximum Gasteiger partial charge on any atom is 0.573 e. The maximum atomic E-state index is 13.8. The normalized spacial score (nSPS) is 11.4. The van der Waals surface area contributed by atoms with Crippen LogP contribution in [0.3, 0.4) is 0 Å². The standard InChI is InChI=1S/C17H15F4NO4/c1-9(2)13-7-15(11(8-22-13)16(23)24-3)25-10-4-5-14(12(18)6-10)26-17(19,20)21/h4-9H,1-3H3. The Labute approximate surface area is 146 Å². The molecule has 0 saturated carbocycles. The summed E-state index contributed by atoms with van der Waals surface area (Å²) in [7, 11) is 1.17. The number of alkyl halides is 3. The molecule has 26 heavy (non-hydrogen) atoms. The number of carbonyl (C=O) groups excluding carboxylic acids is 1. The number of aromatic nitrogens is 1. The third kappa shape index (κ3) is 4.84. The van der Waals surface area contributed by atoms with Crippen LogP contribution < -0.4 is 9.47 Å². The van der Waals surface area contributed by atoms with Crippen molar-refractivity contribution in [2.75, 3.05) is 7.11 Å². The largest absolute Gasteiger partial charge is 0.573 e. The number of esters is 1. The van der Waals surface area contributed by atoms with E-state index in [2.05, 4.69) is 14.5 Å². The van der Waals surface area contributed by atoms with Crippen molar-refractivity contribution >= 4 is 5.97 Å². The molecular formula is C17H15F4NO4. The van der Waals surface area contributed by atoms with Crippen LogP contribution in [-0.4, -0.2) is 24.4 Å². The van der Waals surface area contributed by atoms with Gasteiger partial charge in [0.1, 0.15) is 17.1 Å². The van der Waals surface area contributed by atoms with Crippen LogP contribution in [0.4, 0.5) is 17.6 Å². The van der Waals surface area contributed by atoms with E-state index in [1.807, 2.05) is 13.8 Å². The second-order valence-electron chi connectivity index (χ2n) is 5.49. The molecule has 0 aliphatic rings. The summed E-state index contributed by atoms with van der Waals surface area (Å²) in [5, 5.41) is 0. The fourth-order valence-electron chi connectivity index (χ4n) is 1.99. The summed E-state index contributed by atoms with van der Waals surface area (Å²) in [6.07, 6.45) is -3.76. The summed E-state index contributed by atoms with van der Waals surface area (Å²) in [6.45, 7) is 3.74. The minimum Gasteiger partial charge on any atom is -0.465 e. The smallest absolute Gasteiger partial charge is 0.465 e. The van der Waals surface area contributed by atoms with Gasteiger partial charge < -0.3 is 14.2 Å². The molecule has 0 N–H and O–H groups in total. The number of rotatable bonds is 5. The van der Waals surface area contributed by atoms with E-state index in [0.29, 0.717) is 5.69 Å². The summed E-state index contributed by atoms with van der Waals surface area (Å²) in [5.74, 6) is -3.04. The highest BCUT2D eigenvalue weighted by Gasteiger charge is 2.32. The zero-order chi connectivity index (χ0) is 19.5. The third-order valence-electron chi connectivity index (χ3n) is 3.24. The van der Waals surface area contributed by atoms with E-state index < -0.39 is 23.9 Å². The van der Waals surface area contributed by atoms with Gasteiger partial charge in [0, 0.05) is 24.0 Å². The van der Waals surface area contributed by atoms with Crippen molar-refractivity contribution in [3.05, 3.63) is 47.5 Å². The van der Waals surface area contributed by atoms with E-state index in [1.165, 1.54) is 19.4 Å². The van der Waals surface area contributed by atoms with E-state index in [1.54, 1.807) is 0 Å². The van der Waals surface area contributed by atoms with Gasteiger partial charge in [-0.25, -0.2) is 9.18 Å². The Kier molecular flexibility index (Phi) is 5.69. The van der Waals surface area contributed by atoms with Crippen LogP contribution in [0.25, 0.3) is 0 Å². The fourth-order valence-corrected chi connectivity index (χ4v) is 1.99. The maximum absolute atomic E-state index is 13.8. The predicted molar refractivity (Wildman–Crippen MR) is 82.8 cm³/mol. The van der Waals surface area contributed by atoms with Gasteiger partial charge in [-0.05, 0) is 18.1 Å². The summed E-state index contributed by atoms with van der Waals surface area (Å²) in [5.41, 5.74) is 0.595. The van der Waals surface area contributed by atoms with Crippen molar-refractivity contribution in [2.24, 2.45) is 0 Å². The van der Waals surface area contributed by atoms with E-state index in [0.717, 1.165) is 18.2 Å². The molecule has 0 spiro atoms. The van der Waals surface area contributed by atoms with E-state index in [-0.39, 0.29) is 23.0 Å². The minimum absolute atomic E-state index is 0.00655. The zero-order valence-corrected chi connectivity index (χ0v) is 14.1. The number of halogens is 4. The van der Waals surface area contributed by atoms with Crippen molar-refractivity contribution in [1.29, 1.82) is 0 Å². The van der Waals surface area contributed by atoms with Gasteiger partial charge >= 0.3 is 12.3 Å². The minimum atomic E-state index is -5.02. The Morgan fingerprint density at radius 2 is 1.85 bits per heavy atom. The number of carbonyl (C=O) groups is 1. The lowest BCUT2D eigenvalue weighted by Gasteiger charge is -2.14. The molecule has 2 aromatic rings. The van der Waals surface area contributed by atoms with Crippen LogP contribution in [0.2, 0.25) is 0 Å². The highest BCUT2D eigenvalue weighted by molar-refractivity contribution is 5.92. The Morgan fingerprint density at radius 1 is 1.15 bits per heavy atom. The van der Waals surface area contributed by atoms with Crippen LogP contribution >= 0.6 is 0 Å². The van der Waals surface area contributed by atoms with Gasteiger partial charge in [-0.1, -0.05) is 13.8 Å². The van der Waals surface area contributed by atoms with Crippen LogP contribution in [0.15, 0.2) is 30.5 Å². The SMILES string of the molecule is COC(=O)c1cnc(C(C)C)cc1Oc1ccc(OC(F)(F)F)c(F)c1. The van der Waals surface area contributed by atoms with Crippen molar-refractivity contribution in [3.8, 4) is 17.2 Å². The predicted octanol–water partition coefficient (Wildman–Crippen LogP) is 4.82. The molecule has 0 atom stereocenters.